The second-order valence-electron chi connectivity index (χ2n) is 7.89. The number of ether oxygens (including phenoxy) is 2. The Hall–Kier alpha value is -3.48. The van der Waals surface area contributed by atoms with E-state index in [9.17, 15) is 28.8 Å². The van der Waals surface area contributed by atoms with Crippen LogP contribution in [0.3, 0.4) is 0 Å². The van der Waals surface area contributed by atoms with Crippen molar-refractivity contribution in [3.63, 3.8) is 0 Å². The van der Waals surface area contributed by atoms with Crippen molar-refractivity contribution in [2.24, 2.45) is 0 Å². The van der Waals surface area contributed by atoms with E-state index in [0.29, 0.717) is 12.8 Å². The van der Waals surface area contributed by atoms with E-state index >= 15 is 0 Å². The van der Waals surface area contributed by atoms with Crippen molar-refractivity contribution in [1.29, 1.82) is 0 Å². The molecule has 204 valence electrons. The van der Waals surface area contributed by atoms with Crippen LogP contribution >= 0.6 is 0 Å². The molecule has 4 amide bonds. The van der Waals surface area contributed by atoms with Crippen molar-refractivity contribution in [3.05, 3.63) is 12.2 Å². The number of esters is 2. The predicted molar refractivity (Wildman–Crippen MR) is 130 cm³/mol. The minimum absolute atomic E-state index is 0.102. The van der Waals surface area contributed by atoms with Crippen molar-refractivity contribution in [2.45, 2.75) is 65.3 Å². The molecule has 0 saturated heterocycles. The van der Waals surface area contributed by atoms with Gasteiger partial charge in [-0.25, -0.2) is 15.0 Å². The summed E-state index contributed by atoms with van der Waals surface area (Å²) >= 11 is 0. The van der Waals surface area contributed by atoms with Gasteiger partial charge < -0.3 is 25.4 Å². The zero-order valence-corrected chi connectivity index (χ0v) is 21.3. The van der Waals surface area contributed by atoms with Crippen molar-refractivity contribution in [3.8, 4) is 0 Å². The van der Waals surface area contributed by atoms with Crippen LogP contribution in [-0.2, 0) is 38.2 Å². The summed E-state index contributed by atoms with van der Waals surface area (Å²) in [5, 5.41) is 6.76. The van der Waals surface area contributed by atoms with Gasteiger partial charge in [-0.15, -0.1) is 0 Å². The molecular weight excluding hydrogens is 474 g/mol. The first kappa shape index (κ1) is 32.5. The molecule has 5 N–H and O–H groups in total. The van der Waals surface area contributed by atoms with Crippen LogP contribution in [0.25, 0.3) is 0 Å². The van der Waals surface area contributed by atoms with Gasteiger partial charge in [0, 0.05) is 5.57 Å². The highest BCUT2D eigenvalue weighted by molar-refractivity contribution is 6.03. The van der Waals surface area contributed by atoms with Crippen LogP contribution in [0, 0.1) is 0 Å². The largest absolute Gasteiger partial charge is 0.464 e. The summed E-state index contributed by atoms with van der Waals surface area (Å²) in [5.74, 6) is -4.47. The molecule has 0 atom stereocenters. The highest BCUT2D eigenvalue weighted by Gasteiger charge is 2.31. The van der Waals surface area contributed by atoms with Gasteiger partial charge in [-0.3, -0.25) is 24.6 Å². The van der Waals surface area contributed by atoms with Crippen LogP contribution in [0.4, 0.5) is 0 Å². The molecule has 0 bridgehead atoms. The number of amides is 4. The summed E-state index contributed by atoms with van der Waals surface area (Å²) in [6, 6.07) is -1.65. The summed E-state index contributed by atoms with van der Waals surface area (Å²) in [5.41, 5.74) is 4.85. The molecule has 0 radical (unpaired) electrons. The molecule has 0 unspecified atom stereocenters. The zero-order valence-electron chi connectivity index (χ0n) is 21.3. The van der Waals surface area contributed by atoms with Crippen LogP contribution in [-0.4, -0.2) is 74.5 Å². The smallest absolute Gasteiger partial charge is 0.340 e. The lowest BCUT2D eigenvalue weighted by molar-refractivity contribution is -0.160. The van der Waals surface area contributed by atoms with Crippen LogP contribution in [0.1, 0.15) is 59.3 Å². The molecule has 0 aliphatic carbocycles. The van der Waals surface area contributed by atoms with Crippen LogP contribution in [0.2, 0.25) is 0 Å². The molecule has 0 spiro atoms. The maximum Gasteiger partial charge on any atom is 0.340 e. The van der Waals surface area contributed by atoms with E-state index in [1.807, 2.05) is 13.8 Å². The molecule has 0 rings (SSSR count). The monoisotopic (exact) mass is 513 g/mol. The minimum atomic E-state index is -1.65. The fraction of sp³-hybridized carbons (Fsp3) is 0.652. The predicted octanol–water partition coefficient (Wildman–Crippen LogP) is -0.633. The Kier molecular flexibility index (Phi) is 17.9. The standard InChI is InChI=1S/C23H39N5O8/c1-5-7-9-11-35-22(33)20(23(34)36-12-10-8-6-2)27-19(31)14-25-17(29)13-24-18(30)15-26-28-21(32)16(3)4/h20,26H,3,5-15H2,1-2,4H3,(H,24,30)(H,25,29)(H,27,31)(H,28,32). The lowest BCUT2D eigenvalue weighted by atomic mass is 10.2. The molecule has 0 heterocycles. The summed E-state index contributed by atoms with van der Waals surface area (Å²) in [6.45, 7) is 7.81. The lowest BCUT2D eigenvalue weighted by Crippen LogP contribution is -2.51. The molecule has 0 aromatic rings. The third-order valence-corrected chi connectivity index (χ3v) is 4.49. The number of carbonyl (C=O) groups excluding carboxylic acids is 6. The Morgan fingerprint density at radius 1 is 0.722 bits per heavy atom. The van der Waals surface area contributed by atoms with Crippen molar-refractivity contribution in [2.75, 3.05) is 32.8 Å². The van der Waals surface area contributed by atoms with E-state index < -0.39 is 54.7 Å². The Bertz CT molecular complexity index is 748. The Labute approximate surface area is 211 Å². The molecule has 0 saturated carbocycles. The van der Waals surface area contributed by atoms with E-state index in [1.165, 1.54) is 6.92 Å². The molecule has 13 heteroatoms. The Morgan fingerprint density at radius 3 is 1.67 bits per heavy atom. The topological polar surface area (TPSA) is 181 Å². The number of hydrogen-bond acceptors (Lipinski definition) is 9. The van der Waals surface area contributed by atoms with E-state index in [4.69, 9.17) is 9.47 Å². The molecule has 0 aromatic carbocycles. The average Bonchev–Trinajstić information content (AvgIpc) is 2.84. The second kappa shape index (κ2) is 19.8. The second-order valence-corrected chi connectivity index (χ2v) is 7.89. The number of hydrogen-bond donors (Lipinski definition) is 5. The Balaban J connectivity index is 4.56. The molecule has 0 aliphatic rings. The van der Waals surface area contributed by atoms with E-state index in [1.54, 1.807) is 0 Å². The molecule has 13 nitrogen and oxygen atoms in total. The molecule has 0 aromatic heterocycles. The maximum atomic E-state index is 12.3. The summed E-state index contributed by atoms with van der Waals surface area (Å²) in [4.78, 5) is 71.8. The molecule has 36 heavy (non-hydrogen) atoms. The van der Waals surface area contributed by atoms with Gasteiger partial charge in [0.2, 0.25) is 23.8 Å². The third kappa shape index (κ3) is 16.2. The van der Waals surface area contributed by atoms with Crippen molar-refractivity contribution >= 4 is 35.6 Å². The van der Waals surface area contributed by atoms with Crippen LogP contribution < -0.4 is 26.8 Å². The summed E-state index contributed by atoms with van der Waals surface area (Å²) < 4.78 is 10.2. The fourth-order valence-electron chi connectivity index (χ4n) is 2.44. The van der Waals surface area contributed by atoms with Gasteiger partial charge in [0.25, 0.3) is 5.91 Å². The average molecular weight is 514 g/mol. The quantitative estimate of drug-likeness (QED) is 0.0494. The Morgan fingerprint density at radius 2 is 1.19 bits per heavy atom. The van der Waals surface area contributed by atoms with Gasteiger partial charge in [-0.2, -0.15) is 0 Å². The van der Waals surface area contributed by atoms with Crippen LogP contribution in [0.15, 0.2) is 12.2 Å². The first-order chi connectivity index (χ1) is 17.1. The normalized spacial score (nSPS) is 10.2. The fourth-order valence-corrected chi connectivity index (χ4v) is 2.44. The summed E-state index contributed by atoms with van der Waals surface area (Å²) in [6.07, 6.45) is 4.75. The highest BCUT2D eigenvalue weighted by Crippen LogP contribution is 2.01. The SMILES string of the molecule is C=C(C)C(=O)NNCC(=O)NCC(=O)NCC(=O)NC(C(=O)OCCCCC)C(=O)OCCCCC. The number of rotatable bonds is 19. The van der Waals surface area contributed by atoms with E-state index in [-0.39, 0.29) is 25.3 Å². The summed E-state index contributed by atoms with van der Waals surface area (Å²) in [7, 11) is 0. The van der Waals surface area contributed by atoms with Gasteiger partial charge in [-0.1, -0.05) is 46.1 Å². The van der Waals surface area contributed by atoms with Gasteiger partial charge in [-0.05, 0) is 19.8 Å². The van der Waals surface area contributed by atoms with Gasteiger partial charge in [0.1, 0.15) is 0 Å². The molecule has 0 fully saturated rings. The van der Waals surface area contributed by atoms with Crippen molar-refractivity contribution < 1.29 is 38.2 Å². The zero-order chi connectivity index (χ0) is 27.3. The van der Waals surface area contributed by atoms with E-state index in [2.05, 4.69) is 33.4 Å². The van der Waals surface area contributed by atoms with Gasteiger partial charge in [0.05, 0.1) is 32.8 Å². The highest BCUT2D eigenvalue weighted by atomic mass is 16.6. The molecule has 0 aliphatic heterocycles. The first-order valence-corrected chi connectivity index (χ1v) is 12.0. The molecular formula is C23H39N5O8. The van der Waals surface area contributed by atoms with Crippen LogP contribution in [0.5, 0.6) is 0 Å². The lowest BCUT2D eigenvalue weighted by Gasteiger charge is -2.17. The van der Waals surface area contributed by atoms with Crippen molar-refractivity contribution in [1.82, 2.24) is 26.8 Å². The van der Waals surface area contributed by atoms with E-state index in [0.717, 1.165) is 25.7 Å². The van der Waals surface area contributed by atoms with Gasteiger partial charge >= 0.3 is 11.9 Å². The number of unbranched alkanes of at least 4 members (excludes halogenated alkanes) is 4. The number of carbonyl (C=O) groups is 6. The number of nitrogens with one attached hydrogen (secondary N) is 5. The number of hydrazine groups is 1. The first-order valence-electron chi connectivity index (χ1n) is 12.0. The minimum Gasteiger partial charge on any atom is -0.464 e. The van der Waals surface area contributed by atoms with Gasteiger partial charge in [0.15, 0.2) is 0 Å². The third-order valence-electron chi connectivity index (χ3n) is 4.49. The maximum absolute atomic E-state index is 12.3.